The van der Waals surface area contributed by atoms with Crippen LogP contribution in [0, 0.1) is 50.0 Å². The molecule has 3 nitrogen and oxygen atoms in total. The summed E-state index contributed by atoms with van der Waals surface area (Å²) < 4.78 is 12.0. The molecule has 0 amide bonds. The van der Waals surface area contributed by atoms with Gasteiger partial charge in [-0.15, -0.1) is 0 Å². The fourth-order valence-corrected chi connectivity index (χ4v) is 3.51. The van der Waals surface area contributed by atoms with Crippen molar-refractivity contribution in [2.45, 2.75) is 58.2 Å². The van der Waals surface area contributed by atoms with Crippen LogP contribution in [0.1, 0.15) is 32.8 Å². The van der Waals surface area contributed by atoms with Gasteiger partial charge in [-0.25, -0.2) is 0 Å². The number of fused-ring (bicyclic) bond motifs is 1. The van der Waals surface area contributed by atoms with Gasteiger partial charge in [-0.2, -0.15) is 0 Å². The van der Waals surface area contributed by atoms with E-state index in [-0.39, 0.29) is 68.3 Å². The fraction of sp³-hybridized carbons (Fsp3) is 0.500. The van der Waals surface area contributed by atoms with Gasteiger partial charge in [-0.1, -0.05) is 50.2 Å². The summed E-state index contributed by atoms with van der Waals surface area (Å²) in [6, 6.07) is 14.7. The van der Waals surface area contributed by atoms with Crippen LogP contribution in [0.4, 0.5) is 0 Å². The largest absolute Gasteiger partial charge is 0.388 e. The molecule has 2 aromatic rings. The Bertz CT molecular complexity index is 660. The Morgan fingerprint density at radius 3 is 2.50 bits per heavy atom. The first-order chi connectivity index (χ1) is 11.1. The maximum atomic E-state index is 10.4. The predicted octanol–water partition coefficient (Wildman–Crippen LogP) is 3.92. The monoisotopic (exact) mass is 541 g/mol. The van der Waals surface area contributed by atoms with Gasteiger partial charge in [-0.05, 0) is 35.7 Å². The smallest absolute Gasteiger partial charge is 0.106 e. The van der Waals surface area contributed by atoms with E-state index in [4.69, 9.17) is 9.47 Å². The van der Waals surface area contributed by atoms with Gasteiger partial charge in [0.05, 0.1) is 24.9 Å². The van der Waals surface area contributed by atoms with Crippen LogP contribution in [0.5, 0.6) is 0 Å². The van der Waals surface area contributed by atoms with E-state index in [1.807, 2.05) is 19.1 Å². The third-order valence-corrected chi connectivity index (χ3v) is 4.97. The Hall–Kier alpha value is 0.0216. The summed E-state index contributed by atoms with van der Waals surface area (Å²) in [4.78, 5) is 0. The van der Waals surface area contributed by atoms with Crippen LogP contribution in [0.3, 0.4) is 0 Å². The average molecular weight is 541 g/mol. The van der Waals surface area contributed by atoms with Crippen molar-refractivity contribution in [3.8, 4) is 0 Å². The van der Waals surface area contributed by atoms with Gasteiger partial charge in [0.25, 0.3) is 0 Å². The minimum Gasteiger partial charge on any atom is -0.388 e. The third-order valence-electron chi connectivity index (χ3n) is 4.97. The van der Waals surface area contributed by atoms with Gasteiger partial charge in [-0.3, -0.25) is 0 Å². The van der Waals surface area contributed by atoms with Crippen molar-refractivity contribution in [2.24, 2.45) is 5.92 Å². The van der Waals surface area contributed by atoms with E-state index < -0.39 is 6.10 Å². The molecule has 5 atom stereocenters. The summed E-state index contributed by atoms with van der Waals surface area (Å²) in [6.45, 7) is 6.66. The molecule has 1 fully saturated rings. The van der Waals surface area contributed by atoms with Crippen molar-refractivity contribution in [2.75, 3.05) is 0 Å². The van der Waals surface area contributed by atoms with Gasteiger partial charge < -0.3 is 14.6 Å². The zero-order chi connectivity index (χ0) is 16.4. The van der Waals surface area contributed by atoms with Crippen molar-refractivity contribution < 1.29 is 58.6 Å². The van der Waals surface area contributed by atoms with E-state index in [1.54, 1.807) is 0 Å². The normalized spacial score (nSPS) is 30.1. The number of aliphatic hydroxyl groups excluding tert-OH is 1. The summed E-state index contributed by atoms with van der Waals surface area (Å²) in [5.74, 6) is 0.187. The summed E-state index contributed by atoms with van der Waals surface area (Å²) in [5, 5.41) is 12.9. The summed E-state index contributed by atoms with van der Waals surface area (Å²) >= 11 is 0. The molecule has 0 aromatic heterocycles. The fourth-order valence-electron chi connectivity index (χ4n) is 3.51. The molecule has 4 heteroatoms. The quantitative estimate of drug-likeness (QED) is 0.638. The molecule has 1 heterocycles. The molecule has 2 unspecified atom stereocenters. The van der Waals surface area contributed by atoms with Crippen molar-refractivity contribution in [3.05, 3.63) is 48.0 Å². The summed E-state index contributed by atoms with van der Waals surface area (Å²) in [5.41, 5.74) is 1.13. The van der Waals surface area contributed by atoms with Crippen LogP contribution >= 0.6 is 0 Å². The standard InChI is InChI=1S/C20H26O3.Ac/c1-4-18-13(2)20(19(21)14(3)23-18)22-12-15-9-10-16-7-5-6-8-17(16)11-15;/h5-11,13-14,18-21H,4,12H2,1-3H3;/t13-,14-,18?,19?,20-;/m0./s1. The maximum Gasteiger partial charge on any atom is 0.106 e. The topological polar surface area (TPSA) is 38.7 Å². The molecule has 1 radical (unpaired) electrons. The van der Waals surface area contributed by atoms with Crippen LogP contribution in [-0.4, -0.2) is 29.5 Å². The second kappa shape index (κ2) is 9.10. The molecule has 24 heavy (non-hydrogen) atoms. The number of hydrogen-bond donors (Lipinski definition) is 1. The molecular formula is C20H26AcO3. The van der Waals surface area contributed by atoms with Crippen LogP contribution in [0.25, 0.3) is 10.8 Å². The molecule has 1 aliphatic heterocycles. The molecule has 0 aliphatic carbocycles. The number of hydrogen-bond acceptors (Lipinski definition) is 3. The predicted molar refractivity (Wildman–Crippen MR) is 92.3 cm³/mol. The van der Waals surface area contributed by atoms with E-state index in [2.05, 4.69) is 44.2 Å². The summed E-state index contributed by atoms with van der Waals surface area (Å²) in [7, 11) is 0. The SMILES string of the molecule is CCC1O[C@@H](C)C(O)[C@@H](OCc2ccc3ccccc3c2)[C@H]1C.[Ac]. The Morgan fingerprint density at radius 1 is 1.08 bits per heavy atom. The van der Waals surface area contributed by atoms with Gasteiger partial charge in [0.15, 0.2) is 0 Å². The third kappa shape index (κ3) is 4.40. The minimum atomic E-state index is -0.576. The average Bonchev–Trinajstić information content (AvgIpc) is 2.58. The van der Waals surface area contributed by atoms with Gasteiger partial charge >= 0.3 is 0 Å². The molecule has 1 saturated heterocycles. The van der Waals surface area contributed by atoms with E-state index in [9.17, 15) is 5.11 Å². The van der Waals surface area contributed by atoms with Crippen LogP contribution in [0.2, 0.25) is 0 Å². The maximum absolute atomic E-state index is 10.4. The number of rotatable bonds is 4. The Balaban J connectivity index is 0.00000208. The van der Waals surface area contributed by atoms with Crippen LogP contribution in [-0.2, 0) is 16.1 Å². The second-order valence-electron chi connectivity index (χ2n) is 6.59. The first-order valence-corrected chi connectivity index (χ1v) is 8.53. The first kappa shape index (κ1) is 20.3. The molecule has 0 saturated carbocycles. The van der Waals surface area contributed by atoms with E-state index in [1.165, 1.54) is 10.8 Å². The molecule has 0 bridgehead atoms. The zero-order valence-corrected chi connectivity index (χ0v) is 19.4. The van der Waals surface area contributed by atoms with Crippen LogP contribution < -0.4 is 0 Å². The minimum absolute atomic E-state index is 0. The first-order valence-electron chi connectivity index (χ1n) is 8.53. The Labute approximate surface area is 180 Å². The second-order valence-corrected chi connectivity index (χ2v) is 6.59. The number of benzene rings is 2. The zero-order valence-electron chi connectivity index (χ0n) is 14.7. The molecule has 1 N–H and O–H groups in total. The number of ether oxygens (including phenoxy) is 2. The summed E-state index contributed by atoms with van der Waals surface area (Å²) in [6.07, 6.45) is 0.143. The molecule has 3 rings (SSSR count). The van der Waals surface area contributed by atoms with E-state index >= 15 is 0 Å². The van der Waals surface area contributed by atoms with Gasteiger partial charge in [0.2, 0.25) is 0 Å². The molecule has 127 valence electrons. The molecule has 0 spiro atoms. The van der Waals surface area contributed by atoms with Crippen LogP contribution in [0.15, 0.2) is 42.5 Å². The molecule has 1 aliphatic rings. The Morgan fingerprint density at radius 2 is 1.79 bits per heavy atom. The number of aliphatic hydroxyl groups is 1. The van der Waals surface area contributed by atoms with Crippen molar-refractivity contribution in [1.29, 1.82) is 0 Å². The van der Waals surface area contributed by atoms with Gasteiger partial charge in [0, 0.05) is 50.0 Å². The van der Waals surface area contributed by atoms with Crippen molar-refractivity contribution in [3.63, 3.8) is 0 Å². The molecule has 2 aromatic carbocycles. The van der Waals surface area contributed by atoms with Crippen molar-refractivity contribution in [1.82, 2.24) is 0 Å². The Kier molecular flexibility index (Phi) is 7.71. The van der Waals surface area contributed by atoms with E-state index in [0.29, 0.717) is 6.61 Å². The van der Waals surface area contributed by atoms with Gasteiger partial charge in [0.1, 0.15) is 6.10 Å². The van der Waals surface area contributed by atoms with E-state index in [0.717, 1.165) is 12.0 Å². The molecular weight excluding hydrogens is 515 g/mol. The van der Waals surface area contributed by atoms with Crippen molar-refractivity contribution >= 4 is 10.8 Å².